The Hall–Kier alpha value is -1.86. The molecule has 0 fully saturated rings. The van der Waals surface area contributed by atoms with Crippen molar-refractivity contribution in [1.29, 1.82) is 0 Å². The first-order valence-corrected chi connectivity index (χ1v) is 8.31. The average molecular weight is 439 g/mol. The van der Waals surface area contributed by atoms with E-state index in [0.717, 1.165) is 14.0 Å². The fourth-order valence-corrected chi connectivity index (χ4v) is 2.88. The summed E-state index contributed by atoms with van der Waals surface area (Å²) in [4.78, 5) is 26.0. The van der Waals surface area contributed by atoms with Crippen LogP contribution in [0.15, 0.2) is 59.3 Å². The van der Waals surface area contributed by atoms with Gasteiger partial charge in [0.1, 0.15) is 10.7 Å². The van der Waals surface area contributed by atoms with Crippen LogP contribution in [0.4, 0.5) is 11.4 Å². The summed E-state index contributed by atoms with van der Waals surface area (Å²) in [5, 5.41) is 2.86. The van der Waals surface area contributed by atoms with E-state index in [4.69, 9.17) is 11.6 Å². The number of aryl methyl sites for hydroxylation is 1. The molecule has 6 heteroatoms. The number of benzene rings is 2. The van der Waals surface area contributed by atoms with E-state index in [1.165, 1.54) is 0 Å². The third-order valence-corrected chi connectivity index (χ3v) is 4.47. The Labute approximate surface area is 152 Å². The quantitative estimate of drug-likeness (QED) is 0.581. The molecule has 1 aliphatic heterocycles. The van der Waals surface area contributed by atoms with Gasteiger partial charge in [0, 0.05) is 9.26 Å². The molecule has 2 amide bonds. The van der Waals surface area contributed by atoms with Crippen LogP contribution in [0.5, 0.6) is 0 Å². The van der Waals surface area contributed by atoms with E-state index >= 15 is 0 Å². The number of amides is 2. The maximum absolute atomic E-state index is 12.6. The van der Waals surface area contributed by atoms with Gasteiger partial charge in [0.05, 0.1) is 5.69 Å². The van der Waals surface area contributed by atoms with Gasteiger partial charge in [-0.15, -0.1) is 0 Å². The molecule has 0 aromatic heterocycles. The van der Waals surface area contributed by atoms with Crippen LogP contribution >= 0.6 is 34.2 Å². The molecule has 0 saturated carbocycles. The number of hydrogen-bond acceptors (Lipinski definition) is 3. The second-order valence-corrected chi connectivity index (χ2v) is 6.73. The van der Waals surface area contributed by atoms with E-state index in [0.29, 0.717) is 11.4 Å². The third-order valence-electron chi connectivity index (χ3n) is 3.40. The number of carbonyl (C=O) groups is 2. The van der Waals surface area contributed by atoms with Crippen molar-refractivity contribution in [3.05, 3.63) is 68.4 Å². The lowest BCUT2D eigenvalue weighted by atomic mass is 10.2. The van der Waals surface area contributed by atoms with Crippen molar-refractivity contribution in [2.75, 3.05) is 10.2 Å². The molecular formula is C17H12ClIN2O2. The Balaban J connectivity index is 1.91. The molecule has 0 atom stereocenters. The Bertz CT molecular complexity index is 831. The normalized spacial score (nSPS) is 14.7. The molecule has 116 valence electrons. The highest BCUT2D eigenvalue weighted by Gasteiger charge is 2.38. The molecule has 3 rings (SSSR count). The van der Waals surface area contributed by atoms with Crippen molar-refractivity contribution >= 4 is 57.4 Å². The Morgan fingerprint density at radius 3 is 2.39 bits per heavy atom. The van der Waals surface area contributed by atoms with Crippen molar-refractivity contribution in [3.8, 4) is 0 Å². The van der Waals surface area contributed by atoms with Gasteiger partial charge in [-0.3, -0.25) is 9.59 Å². The van der Waals surface area contributed by atoms with Crippen LogP contribution in [-0.4, -0.2) is 11.8 Å². The molecule has 0 radical (unpaired) electrons. The number of halogens is 2. The zero-order valence-corrected chi connectivity index (χ0v) is 15.1. The number of carbonyl (C=O) groups excluding carboxylic acids is 2. The number of anilines is 2. The monoisotopic (exact) mass is 438 g/mol. The fourth-order valence-electron chi connectivity index (χ4n) is 2.30. The van der Waals surface area contributed by atoms with Crippen molar-refractivity contribution in [2.24, 2.45) is 0 Å². The molecule has 0 bridgehead atoms. The van der Waals surface area contributed by atoms with E-state index in [1.54, 1.807) is 12.1 Å². The second kappa shape index (κ2) is 6.33. The molecule has 1 heterocycles. The van der Waals surface area contributed by atoms with Gasteiger partial charge >= 0.3 is 0 Å². The smallest absolute Gasteiger partial charge is 0.283 e. The molecule has 2 aromatic rings. The summed E-state index contributed by atoms with van der Waals surface area (Å²) in [5.74, 6) is -0.976. The van der Waals surface area contributed by atoms with Gasteiger partial charge in [0.25, 0.3) is 11.8 Å². The minimum Gasteiger partial charge on any atom is -0.350 e. The van der Waals surface area contributed by atoms with Gasteiger partial charge in [-0.25, -0.2) is 4.90 Å². The molecule has 0 saturated heterocycles. The Kier molecular flexibility index (Phi) is 4.41. The molecule has 0 unspecified atom stereocenters. The van der Waals surface area contributed by atoms with Crippen molar-refractivity contribution < 1.29 is 9.59 Å². The van der Waals surface area contributed by atoms with Gasteiger partial charge in [0.15, 0.2) is 0 Å². The van der Waals surface area contributed by atoms with Gasteiger partial charge in [-0.2, -0.15) is 0 Å². The highest BCUT2D eigenvalue weighted by Crippen LogP contribution is 2.30. The van der Waals surface area contributed by atoms with E-state index in [1.807, 2.05) is 43.3 Å². The van der Waals surface area contributed by atoms with Crippen LogP contribution in [0.3, 0.4) is 0 Å². The molecule has 23 heavy (non-hydrogen) atoms. The maximum atomic E-state index is 12.6. The molecular weight excluding hydrogens is 427 g/mol. The van der Waals surface area contributed by atoms with E-state index in [2.05, 4.69) is 27.9 Å². The minimum absolute atomic E-state index is 0.0980. The third kappa shape index (κ3) is 3.11. The largest absolute Gasteiger partial charge is 0.350 e. The molecule has 1 aliphatic rings. The predicted molar refractivity (Wildman–Crippen MR) is 99.3 cm³/mol. The summed E-state index contributed by atoms with van der Waals surface area (Å²) in [5.41, 5.74) is 2.35. The summed E-state index contributed by atoms with van der Waals surface area (Å²) in [6, 6.07) is 14.6. The fraction of sp³-hybridized carbons (Fsp3) is 0.0588. The summed E-state index contributed by atoms with van der Waals surface area (Å²) in [6.45, 7) is 1.95. The van der Waals surface area contributed by atoms with Crippen molar-refractivity contribution in [1.82, 2.24) is 0 Å². The zero-order chi connectivity index (χ0) is 16.6. The van der Waals surface area contributed by atoms with Gasteiger partial charge < -0.3 is 5.32 Å². The summed E-state index contributed by atoms with van der Waals surface area (Å²) in [6.07, 6.45) is 0. The highest BCUT2D eigenvalue weighted by molar-refractivity contribution is 14.1. The molecule has 2 aromatic carbocycles. The van der Waals surface area contributed by atoms with Crippen LogP contribution in [0.25, 0.3) is 0 Å². The topological polar surface area (TPSA) is 49.4 Å². The number of hydrogen-bond donors (Lipinski definition) is 1. The number of nitrogens with zero attached hydrogens (tertiary/aromatic N) is 1. The number of imide groups is 1. The average Bonchev–Trinajstić information content (AvgIpc) is 2.73. The zero-order valence-electron chi connectivity index (χ0n) is 12.1. The second-order valence-electron chi connectivity index (χ2n) is 5.11. The lowest BCUT2D eigenvalue weighted by Crippen LogP contribution is -2.32. The lowest BCUT2D eigenvalue weighted by Gasteiger charge is -2.15. The number of nitrogens with one attached hydrogen (secondary N) is 1. The molecule has 1 N–H and O–H groups in total. The molecule has 4 nitrogen and oxygen atoms in total. The standard InChI is InChI=1S/C17H12ClIN2O2/c1-10-3-2-4-12(9-10)20-15-14(18)16(22)21(17(15)23)13-7-5-11(19)6-8-13/h2-9,20H,1H3. The first-order chi connectivity index (χ1) is 11.0. The minimum atomic E-state index is -0.520. The van der Waals surface area contributed by atoms with E-state index in [-0.39, 0.29) is 10.7 Å². The maximum Gasteiger partial charge on any atom is 0.283 e. The van der Waals surface area contributed by atoms with Gasteiger partial charge in [0.2, 0.25) is 0 Å². The van der Waals surface area contributed by atoms with Crippen LogP contribution in [0, 0.1) is 10.5 Å². The van der Waals surface area contributed by atoms with Crippen LogP contribution in [0.1, 0.15) is 5.56 Å². The highest BCUT2D eigenvalue weighted by atomic mass is 127. The SMILES string of the molecule is Cc1cccc(NC2=C(Cl)C(=O)N(c3ccc(I)cc3)C2=O)c1. The Morgan fingerprint density at radius 1 is 1.04 bits per heavy atom. The lowest BCUT2D eigenvalue weighted by molar-refractivity contribution is -0.120. The molecule has 0 aliphatic carbocycles. The first kappa shape index (κ1) is 16.0. The van der Waals surface area contributed by atoms with Crippen LogP contribution in [0.2, 0.25) is 0 Å². The van der Waals surface area contributed by atoms with Gasteiger partial charge in [-0.1, -0.05) is 23.7 Å². The predicted octanol–water partition coefficient (Wildman–Crippen LogP) is 4.04. The first-order valence-electron chi connectivity index (χ1n) is 6.85. The van der Waals surface area contributed by atoms with Gasteiger partial charge in [-0.05, 0) is 71.5 Å². The van der Waals surface area contributed by atoms with Crippen LogP contribution in [-0.2, 0) is 9.59 Å². The van der Waals surface area contributed by atoms with Crippen LogP contribution < -0.4 is 10.2 Å². The Morgan fingerprint density at radius 2 is 1.74 bits per heavy atom. The summed E-state index contributed by atoms with van der Waals surface area (Å²) in [7, 11) is 0. The van der Waals surface area contributed by atoms with Crippen molar-refractivity contribution in [2.45, 2.75) is 6.92 Å². The van der Waals surface area contributed by atoms with E-state index < -0.39 is 11.8 Å². The summed E-state index contributed by atoms with van der Waals surface area (Å²) < 4.78 is 1.02. The summed E-state index contributed by atoms with van der Waals surface area (Å²) >= 11 is 8.25. The van der Waals surface area contributed by atoms with E-state index in [9.17, 15) is 9.59 Å². The number of rotatable bonds is 3. The molecule has 0 spiro atoms. The van der Waals surface area contributed by atoms with Crippen molar-refractivity contribution in [3.63, 3.8) is 0 Å².